The Labute approximate surface area is 121 Å². The van der Waals surface area contributed by atoms with Gasteiger partial charge in [-0.05, 0) is 29.5 Å². The summed E-state index contributed by atoms with van der Waals surface area (Å²) in [6.45, 7) is 18.3. The third-order valence-corrected chi connectivity index (χ3v) is 2.27. The van der Waals surface area contributed by atoms with Gasteiger partial charge in [0.05, 0.1) is 11.6 Å². The molecule has 0 radical (unpaired) electrons. The van der Waals surface area contributed by atoms with Crippen LogP contribution in [-0.4, -0.2) is 0 Å². The van der Waals surface area contributed by atoms with Gasteiger partial charge >= 0.3 is 0 Å². The summed E-state index contributed by atoms with van der Waals surface area (Å²) in [5.41, 5.74) is 3.22. The van der Waals surface area contributed by atoms with Crippen molar-refractivity contribution in [2.75, 3.05) is 0 Å². The lowest BCUT2D eigenvalue weighted by Crippen LogP contribution is -1.94. The van der Waals surface area contributed by atoms with Crippen molar-refractivity contribution >= 4 is 0 Å². The first-order valence-electron chi connectivity index (χ1n) is 7.72. The van der Waals surface area contributed by atoms with Crippen LogP contribution in [0.2, 0.25) is 0 Å². The first-order valence-corrected chi connectivity index (χ1v) is 7.72. The Hall–Kier alpha value is -1.29. The van der Waals surface area contributed by atoms with E-state index in [1.165, 1.54) is 5.56 Å². The lowest BCUT2D eigenvalue weighted by molar-refractivity contribution is 0.860. The number of nitriles is 1. The van der Waals surface area contributed by atoms with E-state index in [9.17, 15) is 0 Å². The minimum atomic E-state index is 0.431. The summed E-state index contributed by atoms with van der Waals surface area (Å²) >= 11 is 0. The highest BCUT2D eigenvalue weighted by atomic mass is 14.2. The highest BCUT2D eigenvalue weighted by Gasteiger charge is 2.05. The highest BCUT2D eigenvalue weighted by molar-refractivity contribution is 5.42. The largest absolute Gasteiger partial charge is 0.192 e. The number of hydrogen-bond donors (Lipinski definition) is 0. The summed E-state index contributed by atoms with van der Waals surface area (Å²) in [6.07, 6.45) is 0.993. The molecular weight excluding hydrogens is 230 g/mol. The van der Waals surface area contributed by atoms with Crippen LogP contribution >= 0.6 is 0 Å². The molecule has 0 aliphatic carbocycles. The van der Waals surface area contributed by atoms with E-state index in [1.54, 1.807) is 0 Å². The van der Waals surface area contributed by atoms with Crippen molar-refractivity contribution < 1.29 is 0 Å². The Balaban J connectivity index is -0.000000375. The third kappa shape index (κ3) is 9.31. The Morgan fingerprint density at radius 1 is 1.00 bits per heavy atom. The van der Waals surface area contributed by atoms with Crippen molar-refractivity contribution in [3.8, 4) is 6.07 Å². The van der Waals surface area contributed by atoms with Crippen molar-refractivity contribution in [1.29, 1.82) is 5.26 Å². The minimum absolute atomic E-state index is 0.431. The van der Waals surface area contributed by atoms with Crippen LogP contribution in [0.3, 0.4) is 0 Å². The fourth-order valence-electron chi connectivity index (χ4n) is 1.42. The van der Waals surface area contributed by atoms with Crippen molar-refractivity contribution in [3.63, 3.8) is 0 Å². The Morgan fingerprint density at radius 2 is 1.47 bits per heavy atom. The van der Waals surface area contributed by atoms with Gasteiger partial charge in [0.15, 0.2) is 0 Å². The monoisotopic (exact) mass is 263 g/mol. The molecule has 1 nitrogen and oxygen atoms in total. The average Bonchev–Trinajstić information content (AvgIpc) is 2.52. The molecule has 0 fully saturated rings. The number of aryl methyl sites for hydroxylation is 1. The van der Waals surface area contributed by atoms with E-state index in [1.807, 2.05) is 47.6 Å². The lowest BCUT2D eigenvalue weighted by atomic mass is 9.95. The van der Waals surface area contributed by atoms with Crippen molar-refractivity contribution in [1.82, 2.24) is 0 Å². The molecule has 110 valence electrons. The van der Waals surface area contributed by atoms with E-state index in [0.717, 1.165) is 17.5 Å². The van der Waals surface area contributed by atoms with Gasteiger partial charge in [-0.1, -0.05) is 74.4 Å². The van der Waals surface area contributed by atoms with Gasteiger partial charge in [0.2, 0.25) is 0 Å². The molecule has 0 heterocycles. The molecule has 0 atom stereocenters. The normalized spacial score (nSPS) is 7.84. The maximum Gasteiger partial charge on any atom is 0.0994 e. The molecule has 0 N–H and O–H groups in total. The topological polar surface area (TPSA) is 23.8 Å². The summed E-state index contributed by atoms with van der Waals surface area (Å²) in [7, 11) is 0. The first kappa shape index (κ1) is 22.9. The summed E-state index contributed by atoms with van der Waals surface area (Å²) in [4.78, 5) is 0. The van der Waals surface area contributed by atoms with Gasteiger partial charge in [0, 0.05) is 0 Å². The van der Waals surface area contributed by atoms with Crippen LogP contribution in [0.25, 0.3) is 0 Å². The second-order valence-electron chi connectivity index (χ2n) is 3.54. The molecule has 1 aromatic rings. The minimum Gasteiger partial charge on any atom is -0.192 e. The Morgan fingerprint density at radius 3 is 1.79 bits per heavy atom. The van der Waals surface area contributed by atoms with Gasteiger partial charge in [-0.2, -0.15) is 5.26 Å². The molecule has 1 rings (SSSR count). The van der Waals surface area contributed by atoms with Gasteiger partial charge in [0.1, 0.15) is 0 Å². The molecule has 0 spiro atoms. The van der Waals surface area contributed by atoms with Gasteiger partial charge in [-0.15, -0.1) is 0 Å². The molecule has 19 heavy (non-hydrogen) atoms. The fourth-order valence-corrected chi connectivity index (χ4v) is 1.42. The van der Waals surface area contributed by atoms with Crippen molar-refractivity contribution in [2.24, 2.45) is 0 Å². The van der Waals surface area contributed by atoms with Crippen LogP contribution in [0, 0.1) is 11.3 Å². The maximum atomic E-state index is 8.94. The summed E-state index contributed by atoms with van der Waals surface area (Å²) < 4.78 is 0. The SMILES string of the molecule is CC.CC.CC.CCc1ccc(C(C)C)c(C#N)c1. The standard InChI is InChI=1S/C12H15N.3C2H6/c1-4-10-5-6-12(9(2)3)11(7-10)8-13;3*1-2/h5-7,9H,4H2,1-3H3;3*1-2H3. The van der Waals surface area contributed by atoms with Crippen LogP contribution in [0.1, 0.15) is 84.9 Å². The zero-order valence-corrected chi connectivity index (χ0v) is 14.5. The number of benzene rings is 1. The predicted octanol–water partition coefficient (Wildman–Crippen LogP) is 6.32. The molecule has 1 aromatic carbocycles. The molecule has 0 aliphatic rings. The van der Waals surface area contributed by atoms with Crippen LogP contribution in [0.4, 0.5) is 0 Å². The number of nitrogens with zero attached hydrogens (tertiary/aromatic N) is 1. The molecule has 0 aliphatic heterocycles. The molecule has 0 saturated heterocycles. The highest BCUT2D eigenvalue weighted by Crippen LogP contribution is 2.20. The molecule has 0 bridgehead atoms. The van der Waals surface area contributed by atoms with Crippen LogP contribution < -0.4 is 0 Å². The van der Waals surface area contributed by atoms with Gasteiger partial charge in [-0.3, -0.25) is 0 Å². The summed E-state index contributed by atoms with van der Waals surface area (Å²) in [5, 5.41) is 8.94. The zero-order chi connectivity index (χ0) is 15.8. The fraction of sp³-hybridized carbons (Fsp3) is 0.611. The van der Waals surface area contributed by atoms with Gasteiger partial charge in [0.25, 0.3) is 0 Å². The van der Waals surface area contributed by atoms with Gasteiger partial charge in [-0.25, -0.2) is 0 Å². The Kier molecular flexibility index (Phi) is 20.1. The first-order chi connectivity index (χ1) is 9.19. The number of hydrogen-bond acceptors (Lipinski definition) is 1. The third-order valence-electron chi connectivity index (χ3n) is 2.27. The molecular formula is C18H33N. The second-order valence-corrected chi connectivity index (χ2v) is 3.54. The van der Waals surface area contributed by atoms with E-state index in [0.29, 0.717) is 5.92 Å². The van der Waals surface area contributed by atoms with Crippen molar-refractivity contribution in [2.45, 2.75) is 74.7 Å². The van der Waals surface area contributed by atoms with Crippen LogP contribution in [-0.2, 0) is 6.42 Å². The van der Waals surface area contributed by atoms with Crippen molar-refractivity contribution in [3.05, 3.63) is 34.9 Å². The lowest BCUT2D eigenvalue weighted by Gasteiger charge is -2.08. The average molecular weight is 263 g/mol. The maximum absolute atomic E-state index is 8.94. The molecule has 0 unspecified atom stereocenters. The smallest absolute Gasteiger partial charge is 0.0994 e. The van der Waals surface area contributed by atoms with Crippen LogP contribution in [0.15, 0.2) is 18.2 Å². The summed E-state index contributed by atoms with van der Waals surface area (Å²) in [6, 6.07) is 8.43. The van der Waals surface area contributed by atoms with Gasteiger partial charge < -0.3 is 0 Å². The zero-order valence-electron chi connectivity index (χ0n) is 14.5. The second kappa shape index (κ2) is 16.7. The molecule has 0 saturated carbocycles. The van der Waals surface area contributed by atoms with E-state index >= 15 is 0 Å². The summed E-state index contributed by atoms with van der Waals surface area (Å²) in [5.74, 6) is 0.431. The molecule has 1 heteroatoms. The quantitative estimate of drug-likeness (QED) is 0.612. The molecule has 0 amide bonds. The number of rotatable bonds is 2. The van der Waals surface area contributed by atoms with E-state index in [4.69, 9.17) is 5.26 Å². The Bertz CT molecular complexity index is 332. The van der Waals surface area contributed by atoms with E-state index in [2.05, 4.69) is 39.0 Å². The van der Waals surface area contributed by atoms with E-state index in [-0.39, 0.29) is 0 Å². The van der Waals surface area contributed by atoms with Crippen LogP contribution in [0.5, 0.6) is 0 Å². The predicted molar refractivity (Wildman–Crippen MR) is 88.7 cm³/mol. The van der Waals surface area contributed by atoms with E-state index < -0.39 is 0 Å². The molecule has 0 aromatic heterocycles.